The summed E-state index contributed by atoms with van der Waals surface area (Å²) in [5.41, 5.74) is 23.2. The molecule has 0 spiro atoms. The van der Waals surface area contributed by atoms with Gasteiger partial charge in [0.25, 0.3) is 0 Å². The topological polar surface area (TPSA) is 9.23 Å². The molecule has 2 heteroatoms. The molecule has 0 N–H and O–H groups in total. The summed E-state index contributed by atoms with van der Waals surface area (Å²) in [4.78, 5) is 0. The van der Waals surface area contributed by atoms with E-state index in [0.717, 1.165) is 5.75 Å². The molecule has 2 unspecified atom stereocenters. The van der Waals surface area contributed by atoms with Crippen LogP contribution in [0.4, 0.5) is 0 Å². The van der Waals surface area contributed by atoms with Crippen LogP contribution in [-0.4, -0.2) is 19.6 Å². The molecule has 0 saturated carbocycles. The Labute approximate surface area is 342 Å². The Morgan fingerprint density at radius 2 is 1.05 bits per heavy atom. The van der Waals surface area contributed by atoms with Gasteiger partial charge < -0.3 is 4.74 Å². The molecule has 3 aliphatic carbocycles. The molecule has 7 rings (SSSR count). The van der Waals surface area contributed by atoms with E-state index in [9.17, 15) is 0 Å². The lowest BCUT2D eigenvalue weighted by molar-refractivity contribution is 0.399. The number of ether oxygens (including phenoxy) is 1. The molecule has 1 nitrogen and oxygen atoms in total. The Morgan fingerprint density at radius 3 is 1.54 bits per heavy atom. The van der Waals surface area contributed by atoms with Crippen LogP contribution in [0.1, 0.15) is 169 Å². The Morgan fingerprint density at radius 1 is 0.554 bits per heavy atom. The molecule has 0 fully saturated rings. The van der Waals surface area contributed by atoms with Crippen LogP contribution in [0.2, 0.25) is 0 Å². The molecule has 0 radical (unpaired) electrons. The molecule has 2 atom stereocenters. The monoisotopic (exact) mass is 767 g/mol. The molecule has 0 saturated heterocycles. The molecular weight excluding hydrogens is 697 g/mol. The van der Waals surface area contributed by atoms with Gasteiger partial charge in [-0.05, 0) is 140 Å². The molecule has 0 aliphatic heterocycles. The molecule has 3 aliphatic rings. The number of benzene rings is 4. The van der Waals surface area contributed by atoms with E-state index in [2.05, 4.69) is 176 Å². The standard InChI is InChI=1S/C54H70OS/c1-32-25-41-43(29-35-19-18-20-40(35)46(41)36-27-38(52(6,7)8)30-39(28-36)53(9,10)11)49(32)56(16,17)50-33(2)26-42-44(50)31-45(54(12,13)14)48(55-15)47(42)34-21-23-37(24-22-34)51(3,4)5/h21-31,49-50H,18-20H2,1-17H3. The third-order valence-electron chi connectivity index (χ3n) is 13.2. The maximum Gasteiger partial charge on any atom is 0.131 e. The first-order chi connectivity index (χ1) is 25.8. The lowest BCUT2D eigenvalue weighted by Gasteiger charge is -2.46. The highest BCUT2D eigenvalue weighted by Crippen LogP contribution is 2.73. The molecule has 0 amide bonds. The number of aryl methyl sites for hydroxylation is 1. The number of hydrogen-bond acceptors (Lipinski definition) is 1. The predicted molar refractivity (Wildman–Crippen MR) is 249 cm³/mol. The van der Waals surface area contributed by atoms with Crippen molar-refractivity contribution >= 4 is 22.2 Å². The van der Waals surface area contributed by atoms with Crippen LogP contribution in [-0.2, 0) is 34.5 Å². The van der Waals surface area contributed by atoms with Gasteiger partial charge in [0, 0.05) is 21.6 Å². The zero-order chi connectivity index (χ0) is 41.1. The van der Waals surface area contributed by atoms with Gasteiger partial charge in [-0.2, -0.15) is 0 Å². The summed E-state index contributed by atoms with van der Waals surface area (Å²) in [7, 11) is 0.538. The van der Waals surface area contributed by atoms with E-state index in [4.69, 9.17) is 4.74 Å². The normalized spacial score (nSPS) is 18.7. The van der Waals surface area contributed by atoms with Crippen molar-refractivity contribution in [2.45, 2.75) is 148 Å². The van der Waals surface area contributed by atoms with Crippen molar-refractivity contribution in [1.82, 2.24) is 0 Å². The second-order valence-electron chi connectivity index (χ2n) is 22.0. The fraction of sp³-hybridized carbons (Fsp3) is 0.481. The molecule has 0 bridgehead atoms. The van der Waals surface area contributed by atoms with Crippen molar-refractivity contribution < 1.29 is 4.74 Å². The second-order valence-corrected chi connectivity index (χ2v) is 25.9. The van der Waals surface area contributed by atoms with Gasteiger partial charge in [-0.3, -0.25) is 0 Å². The summed E-state index contributed by atoms with van der Waals surface area (Å²) in [6.07, 6.45) is 14.0. The van der Waals surface area contributed by atoms with Crippen molar-refractivity contribution in [3.05, 3.63) is 121 Å². The summed E-state index contributed by atoms with van der Waals surface area (Å²) in [5.74, 6) is 1.02. The van der Waals surface area contributed by atoms with Crippen LogP contribution in [0.25, 0.3) is 34.4 Å². The molecule has 0 aromatic heterocycles. The maximum atomic E-state index is 6.42. The summed E-state index contributed by atoms with van der Waals surface area (Å²) in [6.45, 7) is 33.0. The van der Waals surface area contributed by atoms with Crippen LogP contribution in [0, 0.1) is 0 Å². The highest BCUT2D eigenvalue weighted by Gasteiger charge is 2.45. The number of fused-ring (bicyclic) bond motifs is 3. The maximum absolute atomic E-state index is 6.42. The first kappa shape index (κ1) is 40.7. The quantitative estimate of drug-likeness (QED) is 0.197. The zero-order valence-corrected chi connectivity index (χ0v) is 38.8. The minimum absolute atomic E-state index is 0.0688. The van der Waals surface area contributed by atoms with Crippen LogP contribution in [0.15, 0.2) is 65.7 Å². The summed E-state index contributed by atoms with van der Waals surface area (Å²) >= 11 is 0. The van der Waals surface area contributed by atoms with Gasteiger partial charge in [0.1, 0.15) is 5.75 Å². The second kappa shape index (κ2) is 13.5. The average Bonchev–Trinajstić information content (AvgIpc) is 3.78. The SMILES string of the molecule is COc1c(C(C)(C)C)cc2c(c1-c1ccc(C(C)(C)C)cc1)C=C(C)C2S(C)(C)C1C(C)=Cc2c1cc1c(c2-c2cc(C(C)(C)C)cc(C(C)(C)C)c2)CCC1. The highest BCUT2D eigenvalue weighted by atomic mass is 32.3. The number of rotatable bonds is 5. The molecule has 4 aromatic carbocycles. The van der Waals surface area contributed by atoms with Gasteiger partial charge in [0.2, 0.25) is 0 Å². The lowest BCUT2D eigenvalue weighted by Crippen LogP contribution is -2.19. The molecule has 56 heavy (non-hydrogen) atoms. The third kappa shape index (κ3) is 6.84. The van der Waals surface area contributed by atoms with Crippen LogP contribution < -0.4 is 4.74 Å². The average molecular weight is 767 g/mol. The largest absolute Gasteiger partial charge is 0.496 e. The lowest BCUT2D eigenvalue weighted by atomic mass is 9.77. The van der Waals surface area contributed by atoms with Crippen molar-refractivity contribution in [2.75, 3.05) is 19.6 Å². The molecular formula is C54H70OS. The van der Waals surface area contributed by atoms with E-state index in [1.54, 1.807) is 16.7 Å². The predicted octanol–water partition coefficient (Wildman–Crippen LogP) is 15.4. The van der Waals surface area contributed by atoms with E-state index < -0.39 is 10.0 Å². The molecule has 4 aromatic rings. The zero-order valence-electron chi connectivity index (χ0n) is 37.9. The van der Waals surface area contributed by atoms with Crippen molar-refractivity contribution in [2.24, 2.45) is 0 Å². The van der Waals surface area contributed by atoms with E-state index in [1.807, 2.05) is 7.11 Å². The minimum Gasteiger partial charge on any atom is -0.496 e. The number of methoxy groups -OCH3 is 1. The number of hydrogen-bond donors (Lipinski definition) is 0. The smallest absolute Gasteiger partial charge is 0.131 e. The van der Waals surface area contributed by atoms with E-state index in [0.29, 0.717) is 10.5 Å². The van der Waals surface area contributed by atoms with Crippen LogP contribution in [0.3, 0.4) is 0 Å². The fourth-order valence-electron chi connectivity index (χ4n) is 10.2. The first-order valence-corrected chi connectivity index (χ1v) is 23.7. The molecule has 0 heterocycles. The highest BCUT2D eigenvalue weighted by molar-refractivity contribution is 8.33. The Kier molecular flexibility index (Phi) is 9.84. The summed E-state index contributed by atoms with van der Waals surface area (Å²) in [6, 6.07) is 22.1. The van der Waals surface area contributed by atoms with Gasteiger partial charge >= 0.3 is 0 Å². The van der Waals surface area contributed by atoms with Crippen molar-refractivity contribution in [3.63, 3.8) is 0 Å². The third-order valence-corrected chi connectivity index (χ3v) is 16.9. The van der Waals surface area contributed by atoms with Gasteiger partial charge in [-0.25, -0.2) is 10.0 Å². The van der Waals surface area contributed by atoms with E-state index in [1.165, 1.54) is 91.6 Å². The Bertz CT molecular complexity index is 2250. The fourth-order valence-corrected chi connectivity index (χ4v) is 14.3. The van der Waals surface area contributed by atoms with Crippen molar-refractivity contribution in [1.29, 1.82) is 0 Å². The van der Waals surface area contributed by atoms with Gasteiger partial charge in [0.15, 0.2) is 0 Å². The van der Waals surface area contributed by atoms with Crippen LogP contribution >= 0.6 is 10.0 Å². The van der Waals surface area contributed by atoms with E-state index in [-0.39, 0.29) is 21.7 Å². The van der Waals surface area contributed by atoms with Gasteiger partial charge in [-0.1, -0.05) is 155 Å². The Hall–Kier alpha value is -3.49. The van der Waals surface area contributed by atoms with E-state index >= 15 is 0 Å². The first-order valence-electron chi connectivity index (χ1n) is 21.1. The minimum atomic E-state index is -1.33. The summed E-state index contributed by atoms with van der Waals surface area (Å²) in [5, 5.41) is 0.717. The Balaban J connectivity index is 1.43. The molecule has 298 valence electrons. The summed E-state index contributed by atoms with van der Waals surface area (Å²) < 4.78 is 6.42. The van der Waals surface area contributed by atoms with Crippen molar-refractivity contribution in [3.8, 4) is 28.0 Å². The van der Waals surface area contributed by atoms with Gasteiger partial charge in [0.05, 0.1) is 7.11 Å². The van der Waals surface area contributed by atoms with Crippen LogP contribution in [0.5, 0.6) is 5.75 Å². The van der Waals surface area contributed by atoms with Gasteiger partial charge in [-0.15, -0.1) is 0 Å².